The van der Waals surface area contributed by atoms with Gasteiger partial charge in [-0.3, -0.25) is 9.59 Å². The topological polar surface area (TPSA) is 58.2 Å². The molecule has 3 aromatic carbocycles. The third-order valence-corrected chi connectivity index (χ3v) is 6.59. The van der Waals surface area contributed by atoms with Crippen LogP contribution in [0.1, 0.15) is 49.7 Å². The molecule has 1 fully saturated rings. The van der Waals surface area contributed by atoms with Crippen molar-refractivity contribution in [2.24, 2.45) is 0 Å². The summed E-state index contributed by atoms with van der Waals surface area (Å²) >= 11 is 0. The van der Waals surface area contributed by atoms with Crippen molar-refractivity contribution in [3.8, 4) is 11.1 Å². The number of hydrogen-bond donors (Lipinski definition) is 2. The highest BCUT2D eigenvalue weighted by Gasteiger charge is 2.24. The van der Waals surface area contributed by atoms with Gasteiger partial charge in [-0.15, -0.1) is 13.2 Å². The van der Waals surface area contributed by atoms with E-state index in [1.165, 1.54) is 12.0 Å². The Morgan fingerprint density at radius 1 is 0.750 bits per heavy atom. The van der Waals surface area contributed by atoms with E-state index in [1.54, 1.807) is 0 Å². The first kappa shape index (κ1) is 26.9. The van der Waals surface area contributed by atoms with Crippen LogP contribution >= 0.6 is 0 Å². The molecule has 2 amide bonds. The molecule has 1 saturated carbocycles. The SMILES string of the molecule is C=C.O=C(CCc1ccc(-c2ccccc2)cc1)NC(Cc1ccccc1)C(=O)NC1CCCCC1. The quantitative estimate of drug-likeness (QED) is 0.353. The van der Waals surface area contributed by atoms with E-state index in [9.17, 15) is 9.59 Å². The van der Waals surface area contributed by atoms with Crippen LogP contribution in [0.15, 0.2) is 98.1 Å². The van der Waals surface area contributed by atoms with Crippen molar-refractivity contribution in [2.75, 3.05) is 0 Å². The van der Waals surface area contributed by atoms with Crippen LogP contribution in [0.3, 0.4) is 0 Å². The van der Waals surface area contributed by atoms with Crippen LogP contribution in [0, 0.1) is 0 Å². The molecule has 0 aromatic heterocycles. The molecule has 36 heavy (non-hydrogen) atoms. The predicted molar refractivity (Wildman–Crippen MR) is 149 cm³/mol. The largest absolute Gasteiger partial charge is 0.352 e. The minimum absolute atomic E-state index is 0.0729. The van der Waals surface area contributed by atoms with Crippen LogP contribution in [0.5, 0.6) is 0 Å². The number of rotatable bonds is 9. The first-order valence-corrected chi connectivity index (χ1v) is 13.0. The van der Waals surface area contributed by atoms with Gasteiger partial charge in [0.15, 0.2) is 0 Å². The fourth-order valence-corrected chi connectivity index (χ4v) is 4.63. The molecular weight excluding hydrogens is 444 g/mol. The molecule has 0 radical (unpaired) electrons. The number of carbonyl (C=O) groups is 2. The van der Waals surface area contributed by atoms with Gasteiger partial charge in [-0.05, 0) is 41.5 Å². The number of hydrogen-bond acceptors (Lipinski definition) is 2. The molecule has 0 aliphatic heterocycles. The predicted octanol–water partition coefficient (Wildman–Crippen LogP) is 6.26. The molecule has 0 bridgehead atoms. The van der Waals surface area contributed by atoms with Gasteiger partial charge >= 0.3 is 0 Å². The lowest BCUT2D eigenvalue weighted by molar-refractivity contribution is -0.129. The molecule has 1 aliphatic carbocycles. The van der Waals surface area contributed by atoms with Gasteiger partial charge in [0.05, 0.1) is 0 Å². The zero-order chi connectivity index (χ0) is 25.6. The average molecular weight is 483 g/mol. The van der Waals surface area contributed by atoms with Crippen LogP contribution in [-0.2, 0) is 22.4 Å². The van der Waals surface area contributed by atoms with Crippen molar-refractivity contribution in [1.29, 1.82) is 0 Å². The van der Waals surface area contributed by atoms with Crippen molar-refractivity contribution in [1.82, 2.24) is 10.6 Å². The van der Waals surface area contributed by atoms with Crippen molar-refractivity contribution in [3.63, 3.8) is 0 Å². The van der Waals surface area contributed by atoms with Crippen molar-refractivity contribution in [3.05, 3.63) is 109 Å². The minimum atomic E-state index is -0.558. The number of aryl methyl sites for hydroxylation is 1. The summed E-state index contributed by atoms with van der Waals surface area (Å²) in [5, 5.41) is 6.20. The smallest absolute Gasteiger partial charge is 0.243 e. The van der Waals surface area contributed by atoms with Gasteiger partial charge in [-0.25, -0.2) is 0 Å². The number of nitrogens with one attached hydrogen (secondary N) is 2. The third-order valence-electron chi connectivity index (χ3n) is 6.59. The third kappa shape index (κ3) is 8.53. The standard InChI is InChI=1S/C30H34N2O2.C2H4/c33-29(21-18-23-16-19-26(20-17-23)25-12-6-2-7-13-25)32-28(22-24-10-4-1-5-11-24)30(34)31-27-14-8-3-9-15-27;1-2/h1-2,4-7,10-13,16-17,19-20,27-28H,3,8-9,14-15,18,21-22H2,(H,31,34)(H,32,33);1-2H2. The van der Waals surface area contributed by atoms with Gasteiger partial charge in [-0.2, -0.15) is 0 Å². The molecule has 1 aliphatic rings. The van der Waals surface area contributed by atoms with E-state index in [4.69, 9.17) is 0 Å². The average Bonchev–Trinajstić information content (AvgIpc) is 2.94. The fraction of sp³-hybridized carbons (Fsp3) is 0.312. The van der Waals surface area contributed by atoms with E-state index in [0.29, 0.717) is 19.3 Å². The Hall–Kier alpha value is -3.66. The van der Waals surface area contributed by atoms with E-state index in [2.05, 4.69) is 60.2 Å². The summed E-state index contributed by atoms with van der Waals surface area (Å²) in [4.78, 5) is 25.9. The zero-order valence-electron chi connectivity index (χ0n) is 21.1. The van der Waals surface area contributed by atoms with Gasteiger partial charge in [0.2, 0.25) is 11.8 Å². The molecule has 0 saturated heterocycles. The summed E-state index contributed by atoms with van der Waals surface area (Å²) in [5.74, 6) is -0.164. The van der Waals surface area contributed by atoms with Crippen LogP contribution < -0.4 is 10.6 Å². The molecule has 3 aromatic rings. The van der Waals surface area contributed by atoms with E-state index in [-0.39, 0.29) is 17.9 Å². The molecule has 4 rings (SSSR count). The first-order chi connectivity index (χ1) is 17.7. The van der Waals surface area contributed by atoms with Gasteiger partial charge in [0.25, 0.3) is 0 Å². The van der Waals surface area contributed by atoms with Crippen LogP contribution in [-0.4, -0.2) is 23.9 Å². The van der Waals surface area contributed by atoms with Gasteiger partial charge in [0.1, 0.15) is 6.04 Å². The Labute approximate surface area is 215 Å². The maximum absolute atomic E-state index is 13.1. The molecule has 1 atom stereocenters. The van der Waals surface area contributed by atoms with Crippen LogP contribution in [0.4, 0.5) is 0 Å². The monoisotopic (exact) mass is 482 g/mol. The summed E-state index contributed by atoms with van der Waals surface area (Å²) in [7, 11) is 0. The van der Waals surface area contributed by atoms with Gasteiger partial charge in [0, 0.05) is 18.9 Å². The molecule has 188 valence electrons. The summed E-state index contributed by atoms with van der Waals surface area (Å²) in [6, 6.07) is 28.2. The van der Waals surface area contributed by atoms with Gasteiger partial charge in [-0.1, -0.05) is 104 Å². The summed E-state index contributed by atoms with van der Waals surface area (Å²) < 4.78 is 0. The van der Waals surface area contributed by atoms with Crippen molar-refractivity contribution >= 4 is 11.8 Å². The van der Waals surface area contributed by atoms with Gasteiger partial charge < -0.3 is 10.6 Å². The second kappa shape index (κ2) is 14.7. The Bertz CT molecular complexity index is 1060. The normalized spacial score (nSPS) is 14.1. The Morgan fingerprint density at radius 2 is 1.33 bits per heavy atom. The number of carbonyl (C=O) groups excluding carboxylic acids is 2. The fourth-order valence-electron chi connectivity index (χ4n) is 4.63. The van der Waals surface area contributed by atoms with E-state index in [1.807, 2.05) is 48.5 Å². The summed E-state index contributed by atoms with van der Waals surface area (Å²) in [5.41, 5.74) is 4.50. The minimum Gasteiger partial charge on any atom is -0.352 e. The molecular formula is C32H38N2O2. The molecule has 1 unspecified atom stereocenters. The Kier molecular flexibility index (Phi) is 11.0. The zero-order valence-corrected chi connectivity index (χ0v) is 21.1. The Morgan fingerprint density at radius 3 is 1.97 bits per heavy atom. The maximum atomic E-state index is 13.1. The highest BCUT2D eigenvalue weighted by molar-refractivity contribution is 5.88. The molecule has 4 heteroatoms. The lowest BCUT2D eigenvalue weighted by atomic mass is 9.95. The van der Waals surface area contributed by atoms with Crippen molar-refractivity contribution in [2.45, 2.75) is 63.5 Å². The number of benzene rings is 3. The molecule has 0 spiro atoms. The van der Waals surface area contributed by atoms with E-state index >= 15 is 0 Å². The first-order valence-electron chi connectivity index (χ1n) is 13.0. The second-order valence-electron chi connectivity index (χ2n) is 9.22. The maximum Gasteiger partial charge on any atom is 0.243 e. The molecule has 0 heterocycles. The molecule has 4 nitrogen and oxygen atoms in total. The van der Waals surface area contributed by atoms with E-state index in [0.717, 1.165) is 42.4 Å². The lowest BCUT2D eigenvalue weighted by Gasteiger charge is -2.26. The summed E-state index contributed by atoms with van der Waals surface area (Å²) in [6.07, 6.45) is 7.09. The second-order valence-corrected chi connectivity index (χ2v) is 9.22. The van der Waals surface area contributed by atoms with E-state index < -0.39 is 6.04 Å². The number of amides is 2. The Balaban J connectivity index is 0.00000176. The van der Waals surface area contributed by atoms with Crippen LogP contribution in [0.25, 0.3) is 11.1 Å². The highest BCUT2D eigenvalue weighted by Crippen LogP contribution is 2.20. The molecule has 2 N–H and O–H groups in total. The van der Waals surface area contributed by atoms with Crippen LogP contribution in [0.2, 0.25) is 0 Å². The van der Waals surface area contributed by atoms with Crippen molar-refractivity contribution < 1.29 is 9.59 Å². The highest BCUT2D eigenvalue weighted by atomic mass is 16.2. The summed E-state index contributed by atoms with van der Waals surface area (Å²) in [6.45, 7) is 6.00. The lowest BCUT2D eigenvalue weighted by Crippen LogP contribution is -2.51.